The highest BCUT2D eigenvalue weighted by Gasteiger charge is 2.37. The fraction of sp³-hybridized carbons (Fsp3) is 0.867. The number of hydrogen-bond donors (Lipinski definition) is 0. The van der Waals surface area contributed by atoms with Crippen molar-refractivity contribution in [3.8, 4) is 0 Å². The van der Waals surface area contributed by atoms with Crippen LogP contribution in [-0.4, -0.2) is 47.3 Å². The van der Waals surface area contributed by atoms with Gasteiger partial charge in [-0.3, -0.25) is 9.59 Å². The summed E-state index contributed by atoms with van der Waals surface area (Å²) >= 11 is 0. The molecule has 4 nitrogen and oxygen atoms in total. The van der Waals surface area contributed by atoms with Crippen LogP contribution in [-0.2, 0) is 9.59 Å². The Kier molecular flexibility index (Phi) is 4.48. The molecule has 2 aliphatic rings. The molecule has 0 N–H and O–H groups in total. The second-order valence-electron chi connectivity index (χ2n) is 6.38. The van der Waals surface area contributed by atoms with Crippen molar-refractivity contribution in [1.29, 1.82) is 0 Å². The average molecular weight is 266 g/mol. The molecule has 0 aromatic rings. The van der Waals surface area contributed by atoms with Crippen LogP contribution in [0.3, 0.4) is 0 Å². The second-order valence-corrected chi connectivity index (χ2v) is 6.38. The highest BCUT2D eigenvalue weighted by atomic mass is 16.2. The lowest BCUT2D eigenvalue weighted by atomic mass is 9.99. The van der Waals surface area contributed by atoms with Crippen LogP contribution in [0, 0.1) is 11.8 Å². The molecule has 0 spiro atoms. The SMILES string of the molecule is CC1CCCN(C(=O)C2CCCN2C(=O)C(C)C)C1. The van der Waals surface area contributed by atoms with Gasteiger partial charge >= 0.3 is 0 Å². The van der Waals surface area contributed by atoms with Crippen molar-refractivity contribution in [1.82, 2.24) is 9.80 Å². The number of rotatable bonds is 2. The van der Waals surface area contributed by atoms with Gasteiger partial charge in [0.05, 0.1) is 0 Å². The summed E-state index contributed by atoms with van der Waals surface area (Å²) in [5, 5.41) is 0. The summed E-state index contributed by atoms with van der Waals surface area (Å²) in [6, 6.07) is -0.194. The first-order chi connectivity index (χ1) is 9.00. The monoisotopic (exact) mass is 266 g/mol. The molecule has 108 valence electrons. The van der Waals surface area contributed by atoms with Gasteiger partial charge in [-0.1, -0.05) is 20.8 Å². The van der Waals surface area contributed by atoms with Gasteiger partial charge in [0.15, 0.2) is 0 Å². The zero-order valence-corrected chi connectivity index (χ0v) is 12.4. The smallest absolute Gasteiger partial charge is 0.245 e. The second kappa shape index (κ2) is 5.93. The number of piperidine rings is 1. The lowest BCUT2D eigenvalue weighted by molar-refractivity contribution is -0.146. The van der Waals surface area contributed by atoms with Crippen molar-refractivity contribution in [2.24, 2.45) is 11.8 Å². The molecule has 0 aromatic carbocycles. The quantitative estimate of drug-likeness (QED) is 0.766. The molecule has 2 heterocycles. The predicted octanol–water partition coefficient (Wildman–Crippen LogP) is 1.89. The number of carbonyl (C=O) groups is 2. The fourth-order valence-electron chi connectivity index (χ4n) is 3.22. The maximum atomic E-state index is 12.6. The Morgan fingerprint density at radius 3 is 2.42 bits per heavy atom. The van der Waals surface area contributed by atoms with Crippen LogP contribution in [0.4, 0.5) is 0 Å². The molecule has 0 aromatic heterocycles. The number of nitrogens with zero attached hydrogens (tertiary/aromatic N) is 2. The lowest BCUT2D eigenvalue weighted by Crippen LogP contribution is -2.51. The van der Waals surface area contributed by atoms with E-state index in [0.717, 1.165) is 38.9 Å². The van der Waals surface area contributed by atoms with Crippen molar-refractivity contribution >= 4 is 11.8 Å². The third-order valence-electron chi connectivity index (χ3n) is 4.28. The Hall–Kier alpha value is -1.06. The highest BCUT2D eigenvalue weighted by molar-refractivity contribution is 5.89. The summed E-state index contributed by atoms with van der Waals surface area (Å²) in [6.07, 6.45) is 4.10. The van der Waals surface area contributed by atoms with Gasteiger partial charge in [-0.25, -0.2) is 0 Å². The Morgan fingerprint density at radius 1 is 1.11 bits per heavy atom. The minimum Gasteiger partial charge on any atom is -0.341 e. The molecule has 2 unspecified atom stereocenters. The van der Waals surface area contributed by atoms with E-state index in [4.69, 9.17) is 0 Å². The first-order valence-corrected chi connectivity index (χ1v) is 7.60. The molecule has 2 amide bonds. The standard InChI is InChI=1S/C15H26N2O2/c1-11(2)14(18)17-9-5-7-13(17)15(19)16-8-4-6-12(3)10-16/h11-13H,4-10H2,1-3H3. The van der Waals surface area contributed by atoms with Crippen molar-refractivity contribution in [3.63, 3.8) is 0 Å². The molecule has 0 bridgehead atoms. The largest absolute Gasteiger partial charge is 0.341 e. The highest BCUT2D eigenvalue weighted by Crippen LogP contribution is 2.24. The molecule has 2 fully saturated rings. The zero-order chi connectivity index (χ0) is 14.0. The molecule has 2 rings (SSSR count). The van der Waals surface area contributed by atoms with Crippen LogP contribution in [0.5, 0.6) is 0 Å². The minimum atomic E-state index is -0.194. The Morgan fingerprint density at radius 2 is 1.79 bits per heavy atom. The molecule has 19 heavy (non-hydrogen) atoms. The van der Waals surface area contributed by atoms with E-state index in [0.29, 0.717) is 5.92 Å². The minimum absolute atomic E-state index is 0.0197. The van der Waals surface area contributed by atoms with Gasteiger partial charge in [0.25, 0.3) is 0 Å². The molecule has 0 radical (unpaired) electrons. The topological polar surface area (TPSA) is 40.6 Å². The molecule has 0 saturated carbocycles. The van der Waals surface area contributed by atoms with E-state index in [-0.39, 0.29) is 23.8 Å². The Balaban J connectivity index is 2.03. The van der Waals surface area contributed by atoms with E-state index in [9.17, 15) is 9.59 Å². The number of amides is 2. The van der Waals surface area contributed by atoms with Crippen molar-refractivity contribution in [2.75, 3.05) is 19.6 Å². The van der Waals surface area contributed by atoms with Crippen LogP contribution >= 0.6 is 0 Å². The van der Waals surface area contributed by atoms with Gasteiger partial charge < -0.3 is 9.80 Å². The predicted molar refractivity (Wildman–Crippen MR) is 74.6 cm³/mol. The van der Waals surface area contributed by atoms with Crippen molar-refractivity contribution < 1.29 is 9.59 Å². The number of hydrogen-bond acceptors (Lipinski definition) is 2. The van der Waals surface area contributed by atoms with Crippen LogP contribution in [0.25, 0.3) is 0 Å². The van der Waals surface area contributed by atoms with Crippen molar-refractivity contribution in [2.45, 2.75) is 52.5 Å². The lowest BCUT2D eigenvalue weighted by Gasteiger charge is -2.35. The molecule has 4 heteroatoms. The molecule has 0 aliphatic carbocycles. The van der Waals surface area contributed by atoms with E-state index >= 15 is 0 Å². The first-order valence-electron chi connectivity index (χ1n) is 7.60. The summed E-state index contributed by atoms with van der Waals surface area (Å²) in [5.41, 5.74) is 0. The van der Waals surface area contributed by atoms with Crippen LogP contribution in [0.1, 0.15) is 46.5 Å². The van der Waals surface area contributed by atoms with E-state index in [1.165, 1.54) is 6.42 Å². The maximum Gasteiger partial charge on any atom is 0.245 e. The summed E-state index contributed by atoms with van der Waals surface area (Å²) in [7, 11) is 0. The summed E-state index contributed by atoms with van der Waals surface area (Å²) < 4.78 is 0. The van der Waals surface area contributed by atoms with Gasteiger partial charge in [0, 0.05) is 25.6 Å². The summed E-state index contributed by atoms with van der Waals surface area (Å²) in [5.74, 6) is 0.876. The third-order valence-corrected chi connectivity index (χ3v) is 4.28. The number of likely N-dealkylation sites (tertiary alicyclic amines) is 2. The van der Waals surface area contributed by atoms with E-state index in [1.54, 1.807) is 0 Å². The fourth-order valence-corrected chi connectivity index (χ4v) is 3.22. The normalized spacial score (nSPS) is 28.0. The molecule has 2 aliphatic heterocycles. The van der Waals surface area contributed by atoms with Gasteiger partial charge in [0.1, 0.15) is 6.04 Å². The van der Waals surface area contributed by atoms with Crippen LogP contribution < -0.4 is 0 Å². The van der Waals surface area contributed by atoms with Crippen molar-refractivity contribution in [3.05, 3.63) is 0 Å². The first kappa shape index (κ1) is 14.4. The third kappa shape index (κ3) is 3.10. The summed E-state index contributed by atoms with van der Waals surface area (Å²) in [4.78, 5) is 28.6. The Labute approximate surface area is 116 Å². The van der Waals surface area contributed by atoms with E-state index < -0.39 is 0 Å². The zero-order valence-electron chi connectivity index (χ0n) is 12.4. The van der Waals surface area contributed by atoms with Crippen LogP contribution in [0.2, 0.25) is 0 Å². The Bertz CT molecular complexity index is 354. The molecule has 2 saturated heterocycles. The average Bonchev–Trinajstić information content (AvgIpc) is 2.85. The molecular weight excluding hydrogens is 240 g/mol. The van der Waals surface area contributed by atoms with Gasteiger partial charge in [-0.15, -0.1) is 0 Å². The van der Waals surface area contributed by atoms with E-state index in [1.807, 2.05) is 23.6 Å². The van der Waals surface area contributed by atoms with Gasteiger partial charge in [0.2, 0.25) is 11.8 Å². The maximum absolute atomic E-state index is 12.6. The number of carbonyl (C=O) groups excluding carboxylic acids is 2. The summed E-state index contributed by atoms with van der Waals surface area (Å²) in [6.45, 7) is 8.49. The van der Waals surface area contributed by atoms with Gasteiger partial charge in [-0.2, -0.15) is 0 Å². The van der Waals surface area contributed by atoms with E-state index in [2.05, 4.69) is 6.92 Å². The molecular formula is C15H26N2O2. The van der Waals surface area contributed by atoms with Gasteiger partial charge in [-0.05, 0) is 31.6 Å². The molecule has 2 atom stereocenters. The van der Waals surface area contributed by atoms with Crippen LogP contribution in [0.15, 0.2) is 0 Å².